The molecular weight excluding hydrogens is 238 g/mol. The number of aromatic nitrogens is 1. The van der Waals surface area contributed by atoms with E-state index in [-0.39, 0.29) is 0 Å². The van der Waals surface area contributed by atoms with Crippen molar-refractivity contribution in [3.8, 4) is 0 Å². The molecule has 17 heavy (non-hydrogen) atoms. The summed E-state index contributed by atoms with van der Waals surface area (Å²) in [7, 11) is 0. The van der Waals surface area contributed by atoms with E-state index in [9.17, 15) is 5.11 Å². The molecule has 1 rings (SSSR count). The molecule has 1 heterocycles. The Labute approximate surface area is 108 Å². The Bertz CT molecular complexity index is 359. The van der Waals surface area contributed by atoms with Crippen molar-refractivity contribution < 1.29 is 9.84 Å². The average Bonchev–Trinajstić information content (AvgIpc) is 2.32. The molecule has 0 bridgehead atoms. The molecule has 3 nitrogen and oxygen atoms in total. The second-order valence-corrected chi connectivity index (χ2v) is 4.69. The maximum Gasteiger partial charge on any atom is 0.0912 e. The molecule has 4 heteroatoms. The smallest absolute Gasteiger partial charge is 0.0912 e. The Morgan fingerprint density at radius 2 is 2.24 bits per heavy atom. The summed E-state index contributed by atoms with van der Waals surface area (Å²) in [6.45, 7) is 6.45. The van der Waals surface area contributed by atoms with Crippen molar-refractivity contribution in [1.29, 1.82) is 0 Å². The molecule has 0 aliphatic heterocycles. The van der Waals surface area contributed by atoms with Gasteiger partial charge in [-0.05, 0) is 31.9 Å². The molecule has 0 fully saturated rings. The first-order valence-electron chi connectivity index (χ1n) is 5.94. The summed E-state index contributed by atoms with van der Waals surface area (Å²) in [5.74, 6) is 0. The van der Waals surface area contributed by atoms with Crippen LogP contribution in [0.2, 0.25) is 5.02 Å². The van der Waals surface area contributed by atoms with E-state index in [4.69, 9.17) is 16.3 Å². The lowest BCUT2D eigenvalue weighted by molar-refractivity contribution is -0.110. The molecule has 1 N–H and O–H groups in total. The Kier molecular flexibility index (Phi) is 5.37. The largest absolute Gasteiger partial charge is 0.390 e. The van der Waals surface area contributed by atoms with Crippen molar-refractivity contribution in [1.82, 2.24) is 4.98 Å². The van der Waals surface area contributed by atoms with E-state index >= 15 is 0 Å². The fourth-order valence-corrected chi connectivity index (χ4v) is 1.95. The second-order valence-electron chi connectivity index (χ2n) is 4.29. The number of ether oxygens (including phenoxy) is 1. The van der Waals surface area contributed by atoms with E-state index < -0.39 is 11.7 Å². The summed E-state index contributed by atoms with van der Waals surface area (Å²) in [4.78, 5) is 3.93. The molecule has 0 aliphatic carbocycles. The van der Waals surface area contributed by atoms with Crippen molar-refractivity contribution >= 4 is 11.6 Å². The van der Waals surface area contributed by atoms with Crippen LogP contribution in [-0.4, -0.2) is 28.4 Å². The van der Waals surface area contributed by atoms with Crippen LogP contribution in [0.15, 0.2) is 18.5 Å². The predicted molar refractivity (Wildman–Crippen MR) is 69.3 cm³/mol. The zero-order valence-electron chi connectivity index (χ0n) is 10.6. The van der Waals surface area contributed by atoms with Crippen LogP contribution >= 0.6 is 11.6 Å². The molecule has 1 aromatic rings. The second kappa shape index (κ2) is 6.34. The van der Waals surface area contributed by atoms with Crippen molar-refractivity contribution in [3.63, 3.8) is 0 Å². The molecule has 0 saturated heterocycles. The van der Waals surface area contributed by atoms with Gasteiger partial charge in [-0.3, -0.25) is 4.98 Å². The predicted octanol–water partition coefficient (Wildman–Crippen LogP) is 2.84. The summed E-state index contributed by atoms with van der Waals surface area (Å²) in [6.07, 6.45) is 3.93. The molecule has 96 valence electrons. The zero-order chi connectivity index (χ0) is 12.9. The van der Waals surface area contributed by atoms with E-state index in [0.29, 0.717) is 18.1 Å². The molecule has 0 spiro atoms. The van der Waals surface area contributed by atoms with Gasteiger partial charge in [0, 0.05) is 25.4 Å². The molecule has 2 unspecified atom stereocenters. The molecule has 0 aromatic carbocycles. The van der Waals surface area contributed by atoms with Crippen LogP contribution in [0.3, 0.4) is 0 Å². The number of pyridine rings is 1. The van der Waals surface area contributed by atoms with Crippen LogP contribution in [-0.2, 0) is 11.2 Å². The zero-order valence-corrected chi connectivity index (χ0v) is 11.4. The van der Waals surface area contributed by atoms with Gasteiger partial charge in [0.05, 0.1) is 16.7 Å². The molecule has 0 radical (unpaired) electrons. The maximum absolute atomic E-state index is 10.3. The summed E-state index contributed by atoms with van der Waals surface area (Å²) in [5, 5.41) is 10.9. The number of aliphatic hydroxyl groups is 1. The van der Waals surface area contributed by atoms with Crippen LogP contribution in [0, 0.1) is 0 Å². The maximum atomic E-state index is 10.3. The topological polar surface area (TPSA) is 42.4 Å². The van der Waals surface area contributed by atoms with Gasteiger partial charge in [-0.2, -0.15) is 0 Å². The summed E-state index contributed by atoms with van der Waals surface area (Å²) in [5.41, 5.74) is 0.370. The lowest BCUT2D eigenvalue weighted by Crippen LogP contribution is -2.43. The van der Waals surface area contributed by atoms with E-state index in [1.54, 1.807) is 12.4 Å². The van der Waals surface area contributed by atoms with Crippen LogP contribution in [0.25, 0.3) is 0 Å². The Hall–Kier alpha value is -0.640. The van der Waals surface area contributed by atoms with Gasteiger partial charge in [0.1, 0.15) is 0 Å². The number of aliphatic hydroxyl groups excluding tert-OH is 1. The third-order valence-corrected chi connectivity index (χ3v) is 3.49. The highest BCUT2D eigenvalue weighted by Gasteiger charge is 2.32. The average molecular weight is 258 g/mol. The molecule has 0 saturated carbocycles. The molecule has 1 aromatic heterocycles. The first kappa shape index (κ1) is 14.4. The van der Waals surface area contributed by atoms with Gasteiger partial charge in [0.15, 0.2) is 0 Å². The number of halogens is 1. The van der Waals surface area contributed by atoms with E-state index in [1.165, 1.54) is 0 Å². The van der Waals surface area contributed by atoms with Crippen molar-refractivity contribution in [2.24, 2.45) is 0 Å². The van der Waals surface area contributed by atoms with E-state index in [0.717, 1.165) is 12.0 Å². The summed E-state index contributed by atoms with van der Waals surface area (Å²) in [6, 6.07) is 1.83. The van der Waals surface area contributed by atoms with E-state index in [2.05, 4.69) is 4.98 Å². The highest BCUT2D eigenvalue weighted by atomic mass is 35.5. The standard InChI is InChI=1S/C13H20ClNO2/c1-4-13(3,17-5-2)12(16)8-10-6-7-15-9-11(10)14/h6-7,9,12,16H,4-5,8H2,1-3H3. The van der Waals surface area contributed by atoms with Crippen molar-refractivity contribution in [2.75, 3.05) is 6.61 Å². The molecule has 0 amide bonds. The van der Waals surface area contributed by atoms with Crippen molar-refractivity contribution in [2.45, 2.75) is 45.3 Å². The lowest BCUT2D eigenvalue weighted by atomic mass is 9.91. The molecular formula is C13H20ClNO2. The van der Waals surface area contributed by atoms with Crippen LogP contribution < -0.4 is 0 Å². The van der Waals surface area contributed by atoms with Gasteiger partial charge in [0.25, 0.3) is 0 Å². The number of rotatable bonds is 6. The monoisotopic (exact) mass is 257 g/mol. The third-order valence-electron chi connectivity index (χ3n) is 3.15. The minimum absolute atomic E-state index is 0.478. The first-order valence-corrected chi connectivity index (χ1v) is 6.31. The van der Waals surface area contributed by atoms with Gasteiger partial charge in [-0.1, -0.05) is 18.5 Å². The minimum Gasteiger partial charge on any atom is -0.390 e. The number of hydrogen-bond donors (Lipinski definition) is 1. The minimum atomic E-state index is -0.577. The van der Waals surface area contributed by atoms with Gasteiger partial charge >= 0.3 is 0 Å². The van der Waals surface area contributed by atoms with Gasteiger partial charge in [-0.25, -0.2) is 0 Å². The normalized spacial score (nSPS) is 16.5. The molecule has 0 aliphatic rings. The third kappa shape index (κ3) is 3.66. The van der Waals surface area contributed by atoms with E-state index in [1.807, 2.05) is 26.8 Å². The highest BCUT2D eigenvalue weighted by Crippen LogP contribution is 2.25. The first-order chi connectivity index (χ1) is 8.03. The SMILES string of the molecule is CCOC(C)(CC)C(O)Cc1ccncc1Cl. The summed E-state index contributed by atoms with van der Waals surface area (Å²) >= 11 is 6.02. The molecule has 2 atom stereocenters. The Balaban J connectivity index is 2.77. The van der Waals surface area contributed by atoms with Crippen molar-refractivity contribution in [3.05, 3.63) is 29.0 Å². The van der Waals surface area contributed by atoms with Gasteiger partial charge in [-0.15, -0.1) is 0 Å². The Morgan fingerprint density at radius 1 is 1.53 bits per heavy atom. The number of nitrogens with zero attached hydrogens (tertiary/aromatic N) is 1. The summed E-state index contributed by atoms with van der Waals surface area (Å²) < 4.78 is 5.64. The van der Waals surface area contributed by atoms with Crippen LogP contribution in [0.5, 0.6) is 0 Å². The Morgan fingerprint density at radius 3 is 2.76 bits per heavy atom. The fourth-order valence-electron chi connectivity index (χ4n) is 1.76. The van der Waals surface area contributed by atoms with Gasteiger partial charge in [0.2, 0.25) is 0 Å². The lowest BCUT2D eigenvalue weighted by Gasteiger charge is -2.33. The van der Waals surface area contributed by atoms with Gasteiger partial charge < -0.3 is 9.84 Å². The van der Waals surface area contributed by atoms with Crippen LogP contribution in [0.1, 0.15) is 32.8 Å². The highest BCUT2D eigenvalue weighted by molar-refractivity contribution is 6.31. The number of hydrogen-bond acceptors (Lipinski definition) is 3. The fraction of sp³-hybridized carbons (Fsp3) is 0.615. The van der Waals surface area contributed by atoms with Crippen LogP contribution in [0.4, 0.5) is 0 Å². The quantitative estimate of drug-likeness (QED) is 0.852.